The highest BCUT2D eigenvalue weighted by Crippen LogP contribution is 2.24. The Kier molecular flexibility index (Phi) is 7.56. The van der Waals surface area contributed by atoms with Crippen LogP contribution in [0.2, 0.25) is 0 Å². The van der Waals surface area contributed by atoms with Crippen LogP contribution in [0.4, 0.5) is 13.2 Å². The van der Waals surface area contributed by atoms with E-state index in [9.17, 15) is 13.2 Å². The standard InChI is InChI=1S/C14H17F3INO.ClH/c15-14(16,17)10-19-7-3-4-11(8-19)9-20-13-6-2-1-5-12(13)18;/h1-2,5-6,11H,3-4,7-10H2;1H. The van der Waals surface area contributed by atoms with Gasteiger partial charge in [-0.15, -0.1) is 12.4 Å². The summed E-state index contributed by atoms with van der Waals surface area (Å²) in [6.07, 6.45) is -2.38. The van der Waals surface area contributed by atoms with Gasteiger partial charge in [0.15, 0.2) is 0 Å². The highest BCUT2D eigenvalue weighted by molar-refractivity contribution is 14.1. The molecule has 0 N–H and O–H groups in total. The van der Waals surface area contributed by atoms with Crippen LogP contribution in [0.15, 0.2) is 24.3 Å². The molecule has 1 unspecified atom stereocenters. The van der Waals surface area contributed by atoms with Gasteiger partial charge in [-0.3, -0.25) is 4.90 Å². The van der Waals surface area contributed by atoms with E-state index in [1.165, 1.54) is 4.90 Å². The molecule has 0 amide bonds. The molecule has 0 radical (unpaired) electrons. The predicted octanol–water partition coefficient (Wildman–Crippen LogP) is 4.37. The average Bonchev–Trinajstić information content (AvgIpc) is 2.36. The minimum absolute atomic E-state index is 0. The molecule has 1 saturated heterocycles. The molecule has 120 valence electrons. The topological polar surface area (TPSA) is 12.5 Å². The van der Waals surface area contributed by atoms with Crippen molar-refractivity contribution in [3.05, 3.63) is 27.8 Å². The van der Waals surface area contributed by atoms with E-state index >= 15 is 0 Å². The second-order valence-corrected chi connectivity index (χ2v) is 6.26. The zero-order valence-electron chi connectivity index (χ0n) is 11.4. The molecule has 1 atom stereocenters. The Hall–Kier alpha value is -0.210. The first-order valence-corrected chi connectivity index (χ1v) is 7.68. The van der Waals surface area contributed by atoms with Crippen LogP contribution in [0, 0.1) is 9.49 Å². The van der Waals surface area contributed by atoms with E-state index in [4.69, 9.17) is 4.74 Å². The van der Waals surface area contributed by atoms with Gasteiger partial charge in [0.2, 0.25) is 0 Å². The number of rotatable bonds is 4. The predicted molar refractivity (Wildman–Crippen MR) is 87.1 cm³/mol. The van der Waals surface area contributed by atoms with Crippen molar-refractivity contribution in [3.8, 4) is 5.75 Å². The second kappa shape index (κ2) is 8.43. The van der Waals surface area contributed by atoms with Crippen LogP contribution < -0.4 is 4.74 Å². The smallest absolute Gasteiger partial charge is 0.401 e. The molecular formula is C14H18ClF3INO. The summed E-state index contributed by atoms with van der Waals surface area (Å²) in [7, 11) is 0. The van der Waals surface area contributed by atoms with Crippen molar-refractivity contribution in [1.29, 1.82) is 0 Å². The molecule has 1 aromatic carbocycles. The van der Waals surface area contributed by atoms with Crippen LogP contribution in [0.1, 0.15) is 12.8 Å². The summed E-state index contributed by atoms with van der Waals surface area (Å²) in [6.45, 7) is 0.655. The average molecular weight is 436 g/mol. The van der Waals surface area contributed by atoms with Gasteiger partial charge >= 0.3 is 6.18 Å². The molecule has 0 saturated carbocycles. The third-order valence-electron chi connectivity index (χ3n) is 3.32. The summed E-state index contributed by atoms with van der Waals surface area (Å²) >= 11 is 2.19. The maximum atomic E-state index is 12.4. The van der Waals surface area contributed by atoms with Crippen LogP contribution in [-0.2, 0) is 0 Å². The Morgan fingerprint density at radius 1 is 1.29 bits per heavy atom. The summed E-state index contributed by atoms with van der Waals surface area (Å²) in [5, 5.41) is 0. The number of piperidine rings is 1. The summed E-state index contributed by atoms with van der Waals surface area (Å²) < 4.78 is 44.0. The summed E-state index contributed by atoms with van der Waals surface area (Å²) in [6, 6.07) is 7.67. The number of halogens is 5. The number of para-hydroxylation sites is 1. The summed E-state index contributed by atoms with van der Waals surface area (Å²) in [4.78, 5) is 1.48. The van der Waals surface area contributed by atoms with Gasteiger partial charge < -0.3 is 4.74 Å². The number of benzene rings is 1. The molecule has 0 spiro atoms. The highest BCUT2D eigenvalue weighted by atomic mass is 127. The zero-order chi connectivity index (χ0) is 14.6. The first-order valence-electron chi connectivity index (χ1n) is 6.60. The molecule has 0 aromatic heterocycles. The van der Waals surface area contributed by atoms with Crippen LogP contribution >= 0.6 is 35.0 Å². The number of ether oxygens (including phenoxy) is 1. The Morgan fingerprint density at radius 3 is 2.67 bits per heavy atom. The molecule has 1 aliphatic rings. The van der Waals surface area contributed by atoms with Gasteiger partial charge in [-0.25, -0.2) is 0 Å². The lowest BCUT2D eigenvalue weighted by Crippen LogP contribution is -2.42. The van der Waals surface area contributed by atoms with E-state index in [0.717, 1.165) is 22.2 Å². The van der Waals surface area contributed by atoms with Crippen LogP contribution in [0.3, 0.4) is 0 Å². The highest BCUT2D eigenvalue weighted by Gasteiger charge is 2.33. The molecule has 1 heterocycles. The van der Waals surface area contributed by atoms with E-state index in [0.29, 0.717) is 19.7 Å². The lowest BCUT2D eigenvalue weighted by atomic mass is 9.99. The Bertz CT molecular complexity index is 444. The van der Waals surface area contributed by atoms with Gasteiger partial charge in [-0.1, -0.05) is 12.1 Å². The van der Waals surface area contributed by atoms with Crippen molar-refractivity contribution < 1.29 is 17.9 Å². The SMILES string of the molecule is Cl.FC(F)(F)CN1CCCC(COc2ccccc2I)C1. The third kappa shape index (κ3) is 6.61. The zero-order valence-corrected chi connectivity index (χ0v) is 14.4. The number of alkyl halides is 3. The molecular weight excluding hydrogens is 418 g/mol. The van der Waals surface area contributed by atoms with Gasteiger partial charge in [0, 0.05) is 12.5 Å². The fraction of sp³-hybridized carbons (Fsp3) is 0.571. The van der Waals surface area contributed by atoms with Crippen molar-refractivity contribution in [2.24, 2.45) is 5.92 Å². The number of hydrogen-bond acceptors (Lipinski definition) is 2. The van der Waals surface area contributed by atoms with Gasteiger partial charge in [0.05, 0.1) is 16.7 Å². The molecule has 0 aliphatic carbocycles. The van der Waals surface area contributed by atoms with Gasteiger partial charge in [0.25, 0.3) is 0 Å². The van der Waals surface area contributed by atoms with Gasteiger partial charge in [0.1, 0.15) is 5.75 Å². The molecule has 1 aromatic rings. The minimum atomic E-state index is -4.11. The lowest BCUT2D eigenvalue weighted by Gasteiger charge is -2.33. The third-order valence-corrected chi connectivity index (χ3v) is 4.21. The molecule has 1 fully saturated rings. The van der Waals surface area contributed by atoms with E-state index in [2.05, 4.69) is 22.6 Å². The van der Waals surface area contributed by atoms with Crippen molar-refractivity contribution in [2.75, 3.05) is 26.2 Å². The second-order valence-electron chi connectivity index (χ2n) is 5.10. The van der Waals surface area contributed by atoms with E-state index in [1.54, 1.807) is 0 Å². The fourth-order valence-electron chi connectivity index (χ4n) is 2.45. The quantitative estimate of drug-likeness (QED) is 0.652. The monoisotopic (exact) mass is 435 g/mol. The first kappa shape index (κ1) is 18.8. The fourth-order valence-corrected chi connectivity index (χ4v) is 3.00. The molecule has 0 bridgehead atoms. The molecule has 1 aliphatic heterocycles. The molecule has 2 rings (SSSR count). The van der Waals surface area contributed by atoms with E-state index < -0.39 is 12.7 Å². The minimum Gasteiger partial charge on any atom is -0.492 e. The summed E-state index contributed by atoms with van der Waals surface area (Å²) in [5.74, 6) is 0.975. The Morgan fingerprint density at radius 2 is 2.00 bits per heavy atom. The number of likely N-dealkylation sites (tertiary alicyclic amines) is 1. The maximum Gasteiger partial charge on any atom is 0.401 e. The van der Waals surface area contributed by atoms with E-state index in [-0.39, 0.29) is 18.3 Å². The van der Waals surface area contributed by atoms with Crippen molar-refractivity contribution in [2.45, 2.75) is 19.0 Å². The maximum absolute atomic E-state index is 12.4. The van der Waals surface area contributed by atoms with Gasteiger partial charge in [-0.2, -0.15) is 13.2 Å². The van der Waals surface area contributed by atoms with Crippen LogP contribution in [0.25, 0.3) is 0 Å². The number of nitrogens with zero attached hydrogens (tertiary/aromatic N) is 1. The van der Waals surface area contributed by atoms with Crippen molar-refractivity contribution >= 4 is 35.0 Å². The Labute approximate surface area is 142 Å². The number of hydrogen-bond donors (Lipinski definition) is 0. The van der Waals surface area contributed by atoms with Crippen LogP contribution in [0.5, 0.6) is 5.75 Å². The molecule has 21 heavy (non-hydrogen) atoms. The first-order chi connectivity index (χ1) is 9.44. The largest absolute Gasteiger partial charge is 0.492 e. The molecule has 2 nitrogen and oxygen atoms in total. The van der Waals surface area contributed by atoms with Crippen molar-refractivity contribution in [1.82, 2.24) is 4.90 Å². The Balaban J connectivity index is 0.00000220. The normalized spacial score (nSPS) is 19.9. The van der Waals surface area contributed by atoms with Crippen LogP contribution in [-0.4, -0.2) is 37.3 Å². The van der Waals surface area contributed by atoms with Gasteiger partial charge in [-0.05, 0) is 54.1 Å². The van der Waals surface area contributed by atoms with Crippen molar-refractivity contribution in [3.63, 3.8) is 0 Å². The van der Waals surface area contributed by atoms with E-state index in [1.807, 2.05) is 24.3 Å². The summed E-state index contributed by atoms with van der Waals surface area (Å²) in [5.41, 5.74) is 0. The molecule has 7 heteroatoms. The lowest BCUT2D eigenvalue weighted by molar-refractivity contribution is -0.149.